The van der Waals surface area contributed by atoms with Crippen LogP contribution in [0.3, 0.4) is 0 Å². The average molecular weight is 461 g/mol. The predicted molar refractivity (Wildman–Crippen MR) is 146 cm³/mol. The van der Waals surface area contributed by atoms with E-state index in [4.69, 9.17) is 9.47 Å². The Bertz CT molecular complexity index is 1420. The minimum atomic E-state index is 0.468. The maximum atomic E-state index is 5.51. The highest BCUT2D eigenvalue weighted by Crippen LogP contribution is 2.44. The fourth-order valence-corrected chi connectivity index (χ4v) is 6.05. The van der Waals surface area contributed by atoms with Crippen LogP contribution in [0.25, 0.3) is 32.7 Å². The summed E-state index contributed by atoms with van der Waals surface area (Å²) in [7, 11) is 3.47. The Kier molecular flexibility index (Phi) is 5.43. The molecule has 4 aromatic rings. The number of hydrogen-bond acceptors (Lipinski definition) is 2. The first-order valence-corrected chi connectivity index (χ1v) is 12.8. The summed E-state index contributed by atoms with van der Waals surface area (Å²) in [5.74, 6) is 2.74. The summed E-state index contributed by atoms with van der Waals surface area (Å²) >= 11 is 0. The molecule has 2 aliphatic carbocycles. The van der Waals surface area contributed by atoms with E-state index in [1.807, 2.05) is 0 Å². The number of methoxy groups -OCH3 is 2. The van der Waals surface area contributed by atoms with Crippen molar-refractivity contribution in [3.8, 4) is 11.5 Å². The lowest BCUT2D eigenvalue weighted by Gasteiger charge is -2.28. The molecule has 0 aliphatic heterocycles. The predicted octanol–water partition coefficient (Wildman–Crippen LogP) is 8.24. The Morgan fingerprint density at radius 1 is 0.629 bits per heavy atom. The van der Waals surface area contributed by atoms with Gasteiger partial charge < -0.3 is 9.47 Å². The van der Waals surface area contributed by atoms with Crippen LogP contribution in [0.5, 0.6) is 11.5 Å². The molecule has 2 heteroatoms. The van der Waals surface area contributed by atoms with E-state index in [0.29, 0.717) is 11.8 Å². The highest BCUT2D eigenvalue weighted by molar-refractivity contribution is 6.00. The summed E-state index contributed by atoms with van der Waals surface area (Å²) in [6.45, 7) is 4.74. The third-order valence-electron chi connectivity index (χ3n) is 8.11. The first kappa shape index (κ1) is 22.0. The monoisotopic (exact) mass is 460 g/mol. The minimum Gasteiger partial charge on any atom is -0.497 e. The molecule has 0 aromatic heterocycles. The van der Waals surface area contributed by atoms with Crippen molar-refractivity contribution in [1.29, 1.82) is 0 Å². The highest BCUT2D eigenvalue weighted by atomic mass is 16.5. The molecular weight excluding hydrogens is 428 g/mol. The molecule has 0 fully saturated rings. The Hall–Kier alpha value is -3.48. The second-order valence-electron chi connectivity index (χ2n) is 10.2. The van der Waals surface area contributed by atoms with E-state index < -0.39 is 0 Å². The molecule has 0 amide bonds. The van der Waals surface area contributed by atoms with Gasteiger partial charge in [-0.05, 0) is 106 Å². The number of allylic oxidation sites excluding steroid dienone is 1. The molecule has 4 aromatic carbocycles. The quantitative estimate of drug-likeness (QED) is 0.280. The van der Waals surface area contributed by atoms with Crippen molar-refractivity contribution in [2.75, 3.05) is 14.2 Å². The molecule has 0 saturated carbocycles. The molecule has 0 spiro atoms. The van der Waals surface area contributed by atoms with Crippen LogP contribution >= 0.6 is 0 Å². The molecule has 2 atom stereocenters. The van der Waals surface area contributed by atoms with Crippen LogP contribution in [0.1, 0.15) is 48.9 Å². The maximum Gasteiger partial charge on any atom is 0.119 e. The van der Waals surface area contributed by atoms with E-state index in [2.05, 4.69) is 80.2 Å². The van der Waals surface area contributed by atoms with E-state index in [9.17, 15) is 0 Å². The number of ether oxygens (including phenoxy) is 2. The van der Waals surface area contributed by atoms with Crippen LogP contribution in [0.4, 0.5) is 0 Å². The Morgan fingerprint density at radius 3 is 1.51 bits per heavy atom. The van der Waals surface area contributed by atoms with E-state index in [0.717, 1.165) is 37.2 Å². The molecule has 6 rings (SSSR count). The number of fused-ring (bicyclic) bond motifs is 6. The summed E-state index contributed by atoms with van der Waals surface area (Å²) in [6.07, 6.45) is 4.57. The SMILES string of the molecule is COc1ccc2c3c(ccc2c1)CC[C@@H](C)C3=C=C1c2c(ccc3cc(OC)ccc23)CC[C@H]1C. The topological polar surface area (TPSA) is 18.5 Å². The Morgan fingerprint density at radius 2 is 1.09 bits per heavy atom. The van der Waals surface area contributed by atoms with Gasteiger partial charge in [0, 0.05) is 11.1 Å². The van der Waals surface area contributed by atoms with Gasteiger partial charge in [0.05, 0.1) is 14.2 Å². The van der Waals surface area contributed by atoms with Crippen LogP contribution in [0.15, 0.2) is 66.4 Å². The Balaban J connectivity index is 1.67. The minimum absolute atomic E-state index is 0.468. The number of hydrogen-bond donors (Lipinski definition) is 0. The van der Waals surface area contributed by atoms with Gasteiger partial charge in [-0.15, -0.1) is 5.73 Å². The first-order valence-electron chi connectivity index (χ1n) is 12.8. The normalized spacial score (nSPS) is 19.3. The summed E-state index contributed by atoms with van der Waals surface area (Å²) in [5, 5.41) is 5.08. The standard InChI is InChI=1S/C33H32O2/c1-20-5-7-22-9-11-24-17-26(34-3)13-15-28(24)32(22)30(20)19-31-21(2)6-8-23-10-12-25-18-27(35-4)14-16-29(25)33(23)31/h9-18,20-21H,5-8H2,1-4H3/t19?,20-,21-/m1/s1. The zero-order valence-electron chi connectivity index (χ0n) is 21.1. The van der Waals surface area contributed by atoms with Crippen LogP contribution < -0.4 is 9.47 Å². The molecule has 0 bridgehead atoms. The maximum absolute atomic E-state index is 5.51. The van der Waals surface area contributed by atoms with Gasteiger partial charge in [0.25, 0.3) is 0 Å². The lowest BCUT2D eigenvalue weighted by Crippen LogP contribution is -2.13. The third-order valence-corrected chi connectivity index (χ3v) is 8.11. The van der Waals surface area contributed by atoms with Gasteiger partial charge in [-0.1, -0.05) is 50.2 Å². The average Bonchev–Trinajstić information content (AvgIpc) is 2.90. The lowest BCUT2D eigenvalue weighted by molar-refractivity contribution is 0.415. The molecular formula is C33H32O2. The van der Waals surface area contributed by atoms with Crippen molar-refractivity contribution in [1.82, 2.24) is 0 Å². The fourth-order valence-electron chi connectivity index (χ4n) is 6.05. The molecule has 0 heterocycles. The van der Waals surface area contributed by atoms with E-state index in [1.165, 1.54) is 54.9 Å². The van der Waals surface area contributed by atoms with Gasteiger partial charge in [0.15, 0.2) is 0 Å². The summed E-state index contributed by atoms with van der Waals surface area (Å²) in [6, 6.07) is 22.1. The second kappa shape index (κ2) is 8.63. The zero-order chi connectivity index (χ0) is 24.1. The van der Waals surface area contributed by atoms with E-state index >= 15 is 0 Å². The van der Waals surface area contributed by atoms with Crippen LogP contribution in [-0.2, 0) is 12.8 Å². The van der Waals surface area contributed by atoms with Gasteiger partial charge in [-0.2, -0.15) is 0 Å². The van der Waals surface area contributed by atoms with Crippen molar-refractivity contribution in [2.45, 2.75) is 39.5 Å². The third kappa shape index (κ3) is 3.65. The van der Waals surface area contributed by atoms with Gasteiger partial charge >= 0.3 is 0 Å². The van der Waals surface area contributed by atoms with Crippen molar-refractivity contribution < 1.29 is 9.47 Å². The smallest absolute Gasteiger partial charge is 0.119 e. The second-order valence-corrected chi connectivity index (χ2v) is 10.2. The fraction of sp³-hybridized carbons (Fsp3) is 0.303. The van der Waals surface area contributed by atoms with Crippen LogP contribution in [0, 0.1) is 11.8 Å². The molecule has 0 unspecified atom stereocenters. The largest absolute Gasteiger partial charge is 0.497 e. The first-order chi connectivity index (χ1) is 17.1. The molecule has 176 valence electrons. The number of aryl methyl sites for hydroxylation is 2. The molecule has 0 saturated heterocycles. The summed E-state index contributed by atoms with van der Waals surface area (Å²) in [5.41, 5.74) is 12.5. The summed E-state index contributed by atoms with van der Waals surface area (Å²) < 4.78 is 11.0. The van der Waals surface area contributed by atoms with Crippen molar-refractivity contribution in [3.05, 3.63) is 88.6 Å². The van der Waals surface area contributed by atoms with Gasteiger partial charge in [-0.25, -0.2) is 0 Å². The zero-order valence-corrected chi connectivity index (χ0v) is 21.1. The van der Waals surface area contributed by atoms with Crippen molar-refractivity contribution in [2.24, 2.45) is 11.8 Å². The van der Waals surface area contributed by atoms with E-state index in [-0.39, 0.29) is 0 Å². The number of rotatable bonds is 2. The molecule has 2 aliphatic rings. The van der Waals surface area contributed by atoms with Crippen molar-refractivity contribution in [3.63, 3.8) is 0 Å². The van der Waals surface area contributed by atoms with Gasteiger partial charge in [0.2, 0.25) is 0 Å². The summed E-state index contributed by atoms with van der Waals surface area (Å²) in [4.78, 5) is 0. The molecule has 35 heavy (non-hydrogen) atoms. The van der Waals surface area contributed by atoms with Gasteiger partial charge in [-0.3, -0.25) is 0 Å². The lowest BCUT2D eigenvalue weighted by atomic mass is 9.75. The van der Waals surface area contributed by atoms with Crippen LogP contribution in [-0.4, -0.2) is 14.2 Å². The molecule has 0 N–H and O–H groups in total. The molecule has 2 nitrogen and oxygen atoms in total. The number of benzene rings is 4. The molecule has 0 radical (unpaired) electrons. The highest BCUT2D eigenvalue weighted by Gasteiger charge is 2.26. The van der Waals surface area contributed by atoms with Crippen LogP contribution in [0.2, 0.25) is 0 Å². The van der Waals surface area contributed by atoms with E-state index in [1.54, 1.807) is 14.2 Å². The van der Waals surface area contributed by atoms with Crippen molar-refractivity contribution >= 4 is 32.7 Å². The van der Waals surface area contributed by atoms with Gasteiger partial charge in [0.1, 0.15) is 11.5 Å². The Labute approximate surface area is 207 Å².